The van der Waals surface area contributed by atoms with Gasteiger partial charge in [-0.15, -0.1) is 0 Å². The average molecular weight is 216 g/mol. The summed E-state index contributed by atoms with van der Waals surface area (Å²) < 4.78 is 5.42. The Morgan fingerprint density at radius 3 is 2.38 bits per heavy atom. The van der Waals surface area contributed by atoms with Gasteiger partial charge in [-0.1, -0.05) is 39.0 Å². The zero-order valence-corrected chi connectivity index (χ0v) is 9.91. The fraction of sp³-hybridized carbons (Fsp3) is 0.357. The number of hydrogen-bond donors (Lipinski definition) is 0. The zero-order chi connectivity index (χ0) is 11.7. The van der Waals surface area contributed by atoms with E-state index in [1.165, 1.54) is 0 Å². The smallest absolute Gasteiger partial charge is 0.343 e. The van der Waals surface area contributed by atoms with Crippen LogP contribution in [0.2, 0.25) is 0 Å². The molecule has 2 rings (SSSR count). The third-order valence-electron chi connectivity index (χ3n) is 2.85. The summed E-state index contributed by atoms with van der Waals surface area (Å²) in [5, 5.41) is 1.72. The first-order valence-electron chi connectivity index (χ1n) is 5.69. The minimum Gasteiger partial charge on any atom is -0.427 e. The largest absolute Gasteiger partial charge is 0.427 e. The molecular formula is C14H16O2. The van der Waals surface area contributed by atoms with Gasteiger partial charge < -0.3 is 4.42 Å². The molecule has 0 bridgehead atoms. The van der Waals surface area contributed by atoms with Crippen LogP contribution < -0.4 is 5.63 Å². The highest BCUT2D eigenvalue weighted by molar-refractivity contribution is 5.84. The minimum absolute atomic E-state index is 0.225. The predicted octanol–water partition coefficient (Wildman–Crippen LogP) is 3.48. The summed E-state index contributed by atoms with van der Waals surface area (Å²) in [6, 6.07) is 7.65. The van der Waals surface area contributed by atoms with Gasteiger partial charge in [-0.25, -0.2) is 4.79 Å². The van der Waals surface area contributed by atoms with Crippen LogP contribution >= 0.6 is 0 Å². The Balaban J connectivity index is 2.90. The van der Waals surface area contributed by atoms with Crippen LogP contribution in [0.25, 0.3) is 10.8 Å². The maximum absolute atomic E-state index is 11.8. The number of benzene rings is 1. The predicted molar refractivity (Wildman–Crippen MR) is 66.0 cm³/mol. The molecule has 0 radical (unpaired) electrons. The van der Waals surface area contributed by atoms with E-state index in [4.69, 9.17) is 4.42 Å². The van der Waals surface area contributed by atoms with Gasteiger partial charge in [0.05, 0.1) is 5.39 Å². The molecule has 1 aromatic carbocycles. The molecule has 0 fully saturated rings. The molecular weight excluding hydrogens is 200 g/mol. The normalized spacial score (nSPS) is 11.2. The van der Waals surface area contributed by atoms with Crippen LogP contribution in [0.3, 0.4) is 0 Å². The van der Waals surface area contributed by atoms with E-state index in [9.17, 15) is 4.79 Å². The van der Waals surface area contributed by atoms with Crippen LogP contribution in [0, 0.1) is 0 Å². The molecule has 0 aliphatic heterocycles. The van der Waals surface area contributed by atoms with Crippen LogP contribution in [0.1, 0.15) is 38.0 Å². The molecule has 1 heterocycles. The lowest BCUT2D eigenvalue weighted by atomic mass is 9.98. The van der Waals surface area contributed by atoms with Crippen molar-refractivity contribution in [3.8, 4) is 0 Å². The van der Waals surface area contributed by atoms with Gasteiger partial charge in [-0.05, 0) is 23.4 Å². The summed E-state index contributed by atoms with van der Waals surface area (Å²) in [7, 11) is 0. The maximum atomic E-state index is 11.8. The van der Waals surface area contributed by atoms with Crippen molar-refractivity contribution < 1.29 is 4.42 Å². The van der Waals surface area contributed by atoms with E-state index in [0.717, 1.165) is 23.1 Å². The second-order valence-corrected chi connectivity index (χ2v) is 4.29. The van der Waals surface area contributed by atoms with Gasteiger partial charge >= 0.3 is 5.63 Å². The second kappa shape index (κ2) is 4.12. The maximum Gasteiger partial charge on any atom is 0.343 e. The zero-order valence-electron chi connectivity index (χ0n) is 9.91. The van der Waals surface area contributed by atoms with Crippen molar-refractivity contribution in [3.63, 3.8) is 0 Å². The first-order chi connectivity index (χ1) is 7.65. The van der Waals surface area contributed by atoms with Crippen LogP contribution in [0.5, 0.6) is 0 Å². The van der Waals surface area contributed by atoms with Gasteiger partial charge in [0.15, 0.2) is 0 Å². The number of rotatable bonds is 2. The molecule has 0 spiro atoms. The molecule has 84 valence electrons. The van der Waals surface area contributed by atoms with Gasteiger partial charge in [0, 0.05) is 5.92 Å². The van der Waals surface area contributed by atoms with E-state index in [1.54, 1.807) is 0 Å². The summed E-state index contributed by atoms with van der Waals surface area (Å²) in [6.07, 6.45) is 0.887. The molecule has 0 atom stereocenters. The average Bonchev–Trinajstić information content (AvgIpc) is 2.29. The Hall–Kier alpha value is -1.57. The minimum atomic E-state index is -0.225. The summed E-state index contributed by atoms with van der Waals surface area (Å²) in [4.78, 5) is 11.8. The Bertz CT molecular complexity index is 564. The van der Waals surface area contributed by atoms with E-state index < -0.39 is 0 Å². The van der Waals surface area contributed by atoms with Crippen LogP contribution in [-0.2, 0) is 6.42 Å². The van der Waals surface area contributed by atoms with Gasteiger partial charge in [-0.3, -0.25) is 0 Å². The first kappa shape index (κ1) is 10.9. The molecule has 2 nitrogen and oxygen atoms in total. The molecule has 0 amide bonds. The standard InChI is InChI=1S/C14H16O2/c1-4-10-11-7-5-6-8-12(11)14(15)16-13(10)9(2)3/h5-9H,4H2,1-3H3. The third kappa shape index (κ3) is 1.64. The summed E-state index contributed by atoms with van der Waals surface area (Å²) >= 11 is 0. The fourth-order valence-electron chi connectivity index (χ4n) is 2.10. The lowest BCUT2D eigenvalue weighted by Crippen LogP contribution is -2.07. The van der Waals surface area contributed by atoms with Gasteiger partial charge in [0.25, 0.3) is 0 Å². The molecule has 0 aliphatic rings. The van der Waals surface area contributed by atoms with Gasteiger partial charge in [0.2, 0.25) is 0 Å². The van der Waals surface area contributed by atoms with E-state index in [1.807, 2.05) is 38.1 Å². The number of aryl methyl sites for hydroxylation is 1. The highest BCUT2D eigenvalue weighted by atomic mass is 16.4. The molecule has 0 aliphatic carbocycles. The molecule has 2 aromatic rings. The summed E-state index contributed by atoms with van der Waals surface area (Å²) in [6.45, 7) is 6.19. The van der Waals surface area contributed by atoms with E-state index >= 15 is 0 Å². The highest BCUT2D eigenvalue weighted by Crippen LogP contribution is 2.25. The molecule has 2 heteroatoms. The van der Waals surface area contributed by atoms with E-state index in [0.29, 0.717) is 5.39 Å². The lowest BCUT2D eigenvalue weighted by molar-refractivity contribution is 0.441. The van der Waals surface area contributed by atoms with E-state index in [-0.39, 0.29) is 11.5 Å². The van der Waals surface area contributed by atoms with Gasteiger partial charge in [0.1, 0.15) is 5.76 Å². The first-order valence-corrected chi connectivity index (χ1v) is 5.69. The van der Waals surface area contributed by atoms with Gasteiger partial charge in [-0.2, -0.15) is 0 Å². The molecule has 0 N–H and O–H groups in total. The topological polar surface area (TPSA) is 30.2 Å². The number of hydrogen-bond acceptors (Lipinski definition) is 2. The highest BCUT2D eigenvalue weighted by Gasteiger charge is 2.14. The Morgan fingerprint density at radius 2 is 1.81 bits per heavy atom. The van der Waals surface area contributed by atoms with Crippen molar-refractivity contribution in [1.29, 1.82) is 0 Å². The second-order valence-electron chi connectivity index (χ2n) is 4.29. The third-order valence-corrected chi connectivity index (χ3v) is 2.85. The van der Waals surface area contributed by atoms with Crippen molar-refractivity contribution in [2.24, 2.45) is 0 Å². The fourth-order valence-corrected chi connectivity index (χ4v) is 2.10. The Morgan fingerprint density at radius 1 is 1.19 bits per heavy atom. The van der Waals surface area contributed by atoms with Crippen molar-refractivity contribution in [2.75, 3.05) is 0 Å². The molecule has 0 saturated carbocycles. The van der Waals surface area contributed by atoms with Crippen LogP contribution in [-0.4, -0.2) is 0 Å². The molecule has 16 heavy (non-hydrogen) atoms. The van der Waals surface area contributed by atoms with Crippen molar-refractivity contribution >= 4 is 10.8 Å². The monoisotopic (exact) mass is 216 g/mol. The molecule has 1 aromatic heterocycles. The van der Waals surface area contributed by atoms with Crippen molar-refractivity contribution in [3.05, 3.63) is 46.0 Å². The van der Waals surface area contributed by atoms with Crippen LogP contribution in [0.15, 0.2) is 33.5 Å². The van der Waals surface area contributed by atoms with Crippen molar-refractivity contribution in [1.82, 2.24) is 0 Å². The van der Waals surface area contributed by atoms with E-state index in [2.05, 4.69) is 6.92 Å². The Labute approximate surface area is 94.9 Å². The quantitative estimate of drug-likeness (QED) is 0.769. The molecule has 0 unspecified atom stereocenters. The SMILES string of the molecule is CCc1c(C(C)C)oc(=O)c2ccccc12. The van der Waals surface area contributed by atoms with Crippen LogP contribution in [0.4, 0.5) is 0 Å². The lowest BCUT2D eigenvalue weighted by Gasteiger charge is -2.11. The summed E-state index contributed by atoms with van der Waals surface area (Å²) in [5.41, 5.74) is 0.932. The number of fused-ring (bicyclic) bond motifs is 1. The Kier molecular flexibility index (Phi) is 2.82. The van der Waals surface area contributed by atoms with Crippen molar-refractivity contribution in [2.45, 2.75) is 33.1 Å². The molecule has 0 saturated heterocycles. The summed E-state index contributed by atoms with van der Waals surface area (Å²) in [5.74, 6) is 1.07.